The molecule has 0 aliphatic carbocycles. The number of anilines is 1. The molecule has 0 saturated carbocycles. The van der Waals surface area contributed by atoms with Crippen LogP contribution in [0.3, 0.4) is 0 Å². The van der Waals surface area contributed by atoms with Crippen LogP contribution in [0, 0.1) is 5.82 Å². The molecule has 1 aliphatic rings. The van der Waals surface area contributed by atoms with E-state index in [0.717, 1.165) is 0 Å². The summed E-state index contributed by atoms with van der Waals surface area (Å²) in [6.07, 6.45) is 4.15. The van der Waals surface area contributed by atoms with Gasteiger partial charge >= 0.3 is 0 Å². The molecule has 0 amide bonds. The number of hydrogen-bond donors (Lipinski definition) is 0. The minimum absolute atomic E-state index is 0.0377. The van der Waals surface area contributed by atoms with Crippen molar-refractivity contribution in [1.29, 1.82) is 0 Å². The predicted molar refractivity (Wildman–Crippen MR) is 84.0 cm³/mol. The van der Waals surface area contributed by atoms with Gasteiger partial charge in [-0.25, -0.2) is 17.8 Å². The number of nitrogens with zero attached hydrogens (tertiary/aromatic N) is 4. The summed E-state index contributed by atoms with van der Waals surface area (Å²) >= 11 is 0. The summed E-state index contributed by atoms with van der Waals surface area (Å²) in [7, 11) is -3.62. The lowest BCUT2D eigenvalue weighted by Gasteiger charge is -2.40. The minimum Gasteiger partial charge on any atom is -0.364 e. The minimum atomic E-state index is -3.62. The lowest BCUT2D eigenvalue weighted by Crippen LogP contribution is -2.54. The van der Waals surface area contributed by atoms with Crippen molar-refractivity contribution in [3.63, 3.8) is 0 Å². The Balaban J connectivity index is 1.81. The zero-order valence-corrected chi connectivity index (χ0v) is 13.4. The second-order valence-corrected chi connectivity index (χ2v) is 7.29. The first kappa shape index (κ1) is 15.8. The third-order valence-electron chi connectivity index (χ3n) is 3.89. The molecule has 23 heavy (non-hydrogen) atoms. The molecule has 8 heteroatoms. The van der Waals surface area contributed by atoms with Crippen LogP contribution in [0.5, 0.6) is 0 Å². The maximum absolute atomic E-state index is 13.9. The Kier molecular flexibility index (Phi) is 4.27. The lowest BCUT2D eigenvalue weighted by atomic mass is 10.2. The molecule has 2 aromatic rings. The predicted octanol–water partition coefficient (Wildman–Crippen LogP) is 1.52. The van der Waals surface area contributed by atoms with Gasteiger partial charge in [0.1, 0.15) is 0 Å². The normalized spacial score (nSPS) is 19.7. The van der Waals surface area contributed by atoms with Crippen LogP contribution in [-0.4, -0.2) is 48.4 Å². The zero-order chi connectivity index (χ0) is 16.4. The van der Waals surface area contributed by atoms with Crippen molar-refractivity contribution in [2.75, 3.05) is 24.5 Å². The highest BCUT2D eigenvalue weighted by molar-refractivity contribution is 7.89. The molecule has 3 heterocycles. The Morgan fingerprint density at radius 3 is 2.70 bits per heavy atom. The van der Waals surface area contributed by atoms with E-state index in [-0.39, 0.29) is 24.2 Å². The summed E-state index contributed by atoms with van der Waals surface area (Å²) in [5.41, 5.74) is 0.447. The summed E-state index contributed by atoms with van der Waals surface area (Å²) in [6.45, 7) is 2.85. The molecule has 1 fully saturated rings. The molecule has 1 aliphatic heterocycles. The fourth-order valence-electron chi connectivity index (χ4n) is 2.73. The zero-order valence-electron chi connectivity index (χ0n) is 12.6. The van der Waals surface area contributed by atoms with Crippen molar-refractivity contribution in [2.45, 2.75) is 18.0 Å². The number of hydrogen-bond acceptors (Lipinski definition) is 5. The molecule has 0 spiro atoms. The second kappa shape index (κ2) is 6.21. The first-order chi connectivity index (χ1) is 11.0. The Morgan fingerprint density at radius 1 is 1.22 bits per heavy atom. The fraction of sp³-hybridized carbons (Fsp3) is 0.333. The molecule has 1 unspecified atom stereocenters. The van der Waals surface area contributed by atoms with Crippen LogP contribution in [0.1, 0.15) is 6.92 Å². The van der Waals surface area contributed by atoms with E-state index in [9.17, 15) is 12.8 Å². The van der Waals surface area contributed by atoms with Crippen molar-refractivity contribution in [1.82, 2.24) is 14.3 Å². The molecule has 0 radical (unpaired) electrons. The summed E-state index contributed by atoms with van der Waals surface area (Å²) in [5.74, 6) is -0.402. The molecule has 2 aromatic heterocycles. The molecule has 1 atom stereocenters. The van der Waals surface area contributed by atoms with Crippen LogP contribution in [0.15, 0.2) is 47.9 Å². The Labute approximate surface area is 134 Å². The van der Waals surface area contributed by atoms with Gasteiger partial charge in [-0.2, -0.15) is 4.31 Å². The largest absolute Gasteiger partial charge is 0.364 e. The van der Waals surface area contributed by atoms with E-state index in [4.69, 9.17) is 0 Å². The first-order valence-corrected chi connectivity index (χ1v) is 8.71. The average molecular weight is 336 g/mol. The van der Waals surface area contributed by atoms with Gasteiger partial charge in [0.15, 0.2) is 10.8 Å². The third kappa shape index (κ3) is 3.04. The van der Waals surface area contributed by atoms with E-state index < -0.39 is 15.8 Å². The van der Waals surface area contributed by atoms with Crippen LogP contribution >= 0.6 is 0 Å². The third-order valence-corrected chi connectivity index (χ3v) is 5.67. The molecule has 0 bridgehead atoms. The molecule has 0 N–H and O–H groups in total. The van der Waals surface area contributed by atoms with Gasteiger partial charge in [0.25, 0.3) is 10.0 Å². The molecule has 122 valence electrons. The number of sulfonamides is 1. The van der Waals surface area contributed by atoms with Crippen molar-refractivity contribution in [3.8, 4) is 0 Å². The van der Waals surface area contributed by atoms with Crippen molar-refractivity contribution in [2.24, 2.45) is 0 Å². The van der Waals surface area contributed by atoms with Crippen LogP contribution in [0.25, 0.3) is 0 Å². The number of pyridine rings is 2. The van der Waals surface area contributed by atoms with Crippen LogP contribution in [-0.2, 0) is 10.0 Å². The summed E-state index contributed by atoms with van der Waals surface area (Å²) in [6, 6.07) is 6.25. The highest BCUT2D eigenvalue weighted by Crippen LogP contribution is 2.25. The summed E-state index contributed by atoms with van der Waals surface area (Å²) in [5, 5.41) is 0.0377. The van der Waals surface area contributed by atoms with Crippen molar-refractivity contribution >= 4 is 15.7 Å². The van der Waals surface area contributed by atoms with Gasteiger partial charge in [-0.3, -0.25) is 4.98 Å². The highest BCUT2D eigenvalue weighted by atomic mass is 32.2. The van der Waals surface area contributed by atoms with Gasteiger partial charge in [0, 0.05) is 38.1 Å². The standard InChI is InChI=1S/C15H17FN4O2S/c1-12-11-19(23(21,22)15-4-2-3-6-18-15)8-9-20(12)14-5-7-17-10-13(14)16/h2-7,10,12H,8-9,11H2,1H3. The van der Waals surface area contributed by atoms with E-state index in [1.165, 1.54) is 29.0 Å². The van der Waals surface area contributed by atoms with E-state index in [0.29, 0.717) is 12.2 Å². The maximum Gasteiger partial charge on any atom is 0.260 e. The molecular weight excluding hydrogens is 319 g/mol. The number of halogens is 1. The van der Waals surface area contributed by atoms with Crippen molar-refractivity contribution in [3.05, 3.63) is 48.7 Å². The van der Waals surface area contributed by atoms with Gasteiger partial charge in [0.05, 0.1) is 11.9 Å². The maximum atomic E-state index is 13.9. The Hall–Kier alpha value is -2.06. The Bertz CT molecular complexity index is 785. The second-order valence-electron chi connectivity index (χ2n) is 5.40. The van der Waals surface area contributed by atoms with E-state index in [1.54, 1.807) is 18.2 Å². The quantitative estimate of drug-likeness (QED) is 0.850. The van der Waals surface area contributed by atoms with Crippen molar-refractivity contribution < 1.29 is 12.8 Å². The van der Waals surface area contributed by atoms with E-state index in [1.807, 2.05) is 11.8 Å². The van der Waals surface area contributed by atoms with Gasteiger partial charge in [-0.05, 0) is 25.1 Å². The van der Waals surface area contributed by atoms with Gasteiger partial charge in [-0.15, -0.1) is 0 Å². The SMILES string of the molecule is CC1CN(S(=O)(=O)c2ccccn2)CCN1c1ccncc1F. The molecule has 3 rings (SSSR count). The van der Waals surface area contributed by atoms with Gasteiger partial charge in [-0.1, -0.05) is 6.07 Å². The Morgan fingerprint density at radius 2 is 2.04 bits per heavy atom. The molecule has 6 nitrogen and oxygen atoms in total. The van der Waals surface area contributed by atoms with Gasteiger partial charge in [0.2, 0.25) is 0 Å². The number of aromatic nitrogens is 2. The molecular formula is C15H17FN4O2S. The number of piperazine rings is 1. The topological polar surface area (TPSA) is 66.4 Å². The average Bonchev–Trinajstić information content (AvgIpc) is 2.56. The van der Waals surface area contributed by atoms with Crippen LogP contribution < -0.4 is 4.90 Å². The summed E-state index contributed by atoms with van der Waals surface area (Å²) in [4.78, 5) is 9.54. The molecule has 1 saturated heterocycles. The summed E-state index contributed by atoms with van der Waals surface area (Å²) < 4.78 is 40.5. The van der Waals surface area contributed by atoms with Crippen LogP contribution in [0.4, 0.5) is 10.1 Å². The highest BCUT2D eigenvalue weighted by Gasteiger charge is 2.33. The van der Waals surface area contributed by atoms with Crippen LogP contribution in [0.2, 0.25) is 0 Å². The lowest BCUT2D eigenvalue weighted by molar-refractivity contribution is 0.339. The van der Waals surface area contributed by atoms with E-state index in [2.05, 4.69) is 9.97 Å². The number of rotatable bonds is 3. The smallest absolute Gasteiger partial charge is 0.260 e. The first-order valence-electron chi connectivity index (χ1n) is 7.27. The molecule has 0 aromatic carbocycles. The fourth-order valence-corrected chi connectivity index (χ4v) is 4.18. The van der Waals surface area contributed by atoms with Gasteiger partial charge < -0.3 is 4.90 Å². The monoisotopic (exact) mass is 336 g/mol. The van der Waals surface area contributed by atoms with E-state index >= 15 is 0 Å².